The van der Waals surface area contributed by atoms with Crippen molar-refractivity contribution in [2.45, 2.75) is 6.92 Å². The molecular formula is C12H13N3O. The molecule has 82 valence electrons. The van der Waals surface area contributed by atoms with Gasteiger partial charge < -0.3 is 10.1 Å². The fraction of sp³-hybridized carbons (Fsp3) is 0.167. The minimum absolute atomic E-state index is 0.539. The molecule has 1 aromatic heterocycles. The minimum atomic E-state index is 0.539. The predicted octanol–water partition coefficient (Wildman–Crippen LogP) is 2.70. The Morgan fingerprint density at radius 2 is 2.00 bits per heavy atom. The fourth-order valence-electron chi connectivity index (χ4n) is 1.25. The highest BCUT2D eigenvalue weighted by molar-refractivity contribution is 5.31. The van der Waals surface area contributed by atoms with Crippen molar-refractivity contribution in [3.63, 3.8) is 0 Å². The van der Waals surface area contributed by atoms with Crippen LogP contribution in [0.25, 0.3) is 0 Å². The third-order valence-corrected chi connectivity index (χ3v) is 1.93. The number of benzene rings is 1. The van der Waals surface area contributed by atoms with E-state index >= 15 is 0 Å². The van der Waals surface area contributed by atoms with Crippen LogP contribution in [0.1, 0.15) is 6.92 Å². The van der Waals surface area contributed by atoms with E-state index < -0.39 is 0 Å². The van der Waals surface area contributed by atoms with Crippen molar-refractivity contribution in [3.05, 3.63) is 42.6 Å². The molecule has 0 aliphatic rings. The van der Waals surface area contributed by atoms with Crippen molar-refractivity contribution >= 4 is 5.95 Å². The van der Waals surface area contributed by atoms with Gasteiger partial charge >= 0.3 is 0 Å². The number of ether oxygens (including phenoxy) is 1. The maximum atomic E-state index is 5.57. The highest BCUT2D eigenvalue weighted by atomic mass is 16.5. The summed E-state index contributed by atoms with van der Waals surface area (Å²) in [6.07, 6.45) is 1.67. The van der Waals surface area contributed by atoms with Gasteiger partial charge in [0, 0.05) is 18.8 Å². The summed E-state index contributed by atoms with van der Waals surface area (Å²) in [6, 6.07) is 11.3. The van der Waals surface area contributed by atoms with Crippen LogP contribution < -0.4 is 10.1 Å². The van der Waals surface area contributed by atoms with Crippen LogP contribution in [0.3, 0.4) is 0 Å². The van der Waals surface area contributed by atoms with E-state index in [4.69, 9.17) is 4.74 Å². The van der Waals surface area contributed by atoms with Crippen LogP contribution in [0.15, 0.2) is 42.6 Å². The molecule has 0 amide bonds. The molecule has 4 nitrogen and oxygen atoms in total. The number of aromatic nitrogens is 2. The summed E-state index contributed by atoms with van der Waals surface area (Å²) in [6.45, 7) is 2.78. The second-order valence-electron chi connectivity index (χ2n) is 3.16. The van der Waals surface area contributed by atoms with Gasteiger partial charge in [-0.25, -0.2) is 4.98 Å². The van der Waals surface area contributed by atoms with E-state index in [2.05, 4.69) is 15.3 Å². The number of nitrogens with one attached hydrogen (secondary N) is 1. The number of hydrogen-bond acceptors (Lipinski definition) is 4. The van der Waals surface area contributed by atoms with E-state index in [1.165, 1.54) is 0 Å². The first kappa shape index (κ1) is 10.4. The Balaban J connectivity index is 2.12. The minimum Gasteiger partial charge on any atom is -0.439 e. The Hall–Kier alpha value is -2.10. The number of anilines is 1. The standard InChI is InChI=1S/C12H13N3O/c1-2-13-12-14-9-8-11(15-12)16-10-6-4-3-5-7-10/h3-9H,2H2,1H3,(H,13,14,15). The van der Waals surface area contributed by atoms with Crippen LogP contribution in [0.5, 0.6) is 11.6 Å². The van der Waals surface area contributed by atoms with E-state index in [-0.39, 0.29) is 0 Å². The van der Waals surface area contributed by atoms with Crippen LogP contribution in [0.4, 0.5) is 5.95 Å². The summed E-state index contributed by atoms with van der Waals surface area (Å²) in [7, 11) is 0. The lowest BCUT2D eigenvalue weighted by Gasteiger charge is -2.05. The molecule has 0 saturated carbocycles. The smallest absolute Gasteiger partial charge is 0.225 e. The topological polar surface area (TPSA) is 47.0 Å². The van der Waals surface area contributed by atoms with Gasteiger partial charge in [0.2, 0.25) is 11.8 Å². The Kier molecular flexibility index (Phi) is 3.33. The summed E-state index contributed by atoms with van der Waals surface area (Å²) in [5.41, 5.74) is 0. The van der Waals surface area contributed by atoms with E-state index in [9.17, 15) is 0 Å². The molecule has 0 fully saturated rings. The largest absolute Gasteiger partial charge is 0.439 e. The maximum Gasteiger partial charge on any atom is 0.225 e. The highest BCUT2D eigenvalue weighted by Gasteiger charge is 1.99. The number of hydrogen-bond donors (Lipinski definition) is 1. The van der Waals surface area contributed by atoms with Gasteiger partial charge in [0.05, 0.1) is 0 Å². The van der Waals surface area contributed by atoms with Crippen LogP contribution in [-0.4, -0.2) is 16.5 Å². The van der Waals surface area contributed by atoms with E-state index in [1.807, 2.05) is 37.3 Å². The molecule has 1 N–H and O–H groups in total. The zero-order valence-corrected chi connectivity index (χ0v) is 9.05. The lowest BCUT2D eigenvalue weighted by atomic mass is 10.3. The lowest BCUT2D eigenvalue weighted by molar-refractivity contribution is 0.462. The second-order valence-corrected chi connectivity index (χ2v) is 3.16. The summed E-state index contributed by atoms with van der Waals surface area (Å²) in [5, 5.41) is 3.03. The molecule has 1 heterocycles. The third kappa shape index (κ3) is 2.70. The number of nitrogens with zero attached hydrogens (tertiary/aromatic N) is 2. The molecule has 1 aromatic carbocycles. The molecule has 2 rings (SSSR count). The van der Waals surface area contributed by atoms with Crippen molar-refractivity contribution in [3.8, 4) is 11.6 Å². The lowest BCUT2D eigenvalue weighted by Crippen LogP contribution is -2.02. The van der Waals surface area contributed by atoms with Crippen molar-refractivity contribution in [2.75, 3.05) is 11.9 Å². The van der Waals surface area contributed by atoms with Crippen LogP contribution >= 0.6 is 0 Å². The first-order valence-corrected chi connectivity index (χ1v) is 5.18. The quantitative estimate of drug-likeness (QED) is 0.851. The van der Waals surface area contributed by atoms with E-state index in [0.717, 1.165) is 12.3 Å². The van der Waals surface area contributed by atoms with Crippen molar-refractivity contribution in [1.29, 1.82) is 0 Å². The summed E-state index contributed by atoms with van der Waals surface area (Å²) >= 11 is 0. The van der Waals surface area contributed by atoms with Crippen LogP contribution in [0, 0.1) is 0 Å². The summed E-state index contributed by atoms with van der Waals surface area (Å²) in [4.78, 5) is 8.28. The molecule has 16 heavy (non-hydrogen) atoms. The molecule has 0 atom stereocenters. The van der Waals surface area contributed by atoms with Crippen molar-refractivity contribution in [2.24, 2.45) is 0 Å². The summed E-state index contributed by atoms with van der Waals surface area (Å²) < 4.78 is 5.57. The summed E-state index contributed by atoms with van der Waals surface area (Å²) in [5.74, 6) is 1.89. The average molecular weight is 215 g/mol. The van der Waals surface area contributed by atoms with E-state index in [1.54, 1.807) is 12.3 Å². The molecule has 0 unspecified atom stereocenters. The molecule has 0 spiro atoms. The first-order chi connectivity index (χ1) is 7.88. The normalized spacial score (nSPS) is 9.81. The molecule has 4 heteroatoms. The Bertz CT molecular complexity index is 445. The molecule has 0 aliphatic heterocycles. The Morgan fingerprint density at radius 1 is 1.19 bits per heavy atom. The SMILES string of the molecule is CCNc1nccc(Oc2ccccc2)n1. The number of para-hydroxylation sites is 1. The van der Waals surface area contributed by atoms with Crippen molar-refractivity contribution < 1.29 is 4.74 Å². The van der Waals surface area contributed by atoms with Crippen molar-refractivity contribution in [1.82, 2.24) is 9.97 Å². The Labute approximate surface area is 94.3 Å². The average Bonchev–Trinajstić information content (AvgIpc) is 2.31. The van der Waals surface area contributed by atoms with Gasteiger partial charge in [-0.05, 0) is 19.1 Å². The first-order valence-electron chi connectivity index (χ1n) is 5.18. The van der Waals surface area contributed by atoms with Gasteiger partial charge in [-0.2, -0.15) is 4.98 Å². The van der Waals surface area contributed by atoms with E-state index in [0.29, 0.717) is 11.8 Å². The van der Waals surface area contributed by atoms with Gasteiger partial charge in [0.1, 0.15) is 5.75 Å². The molecule has 0 radical (unpaired) electrons. The van der Waals surface area contributed by atoms with Crippen LogP contribution in [-0.2, 0) is 0 Å². The van der Waals surface area contributed by atoms with Gasteiger partial charge in [-0.15, -0.1) is 0 Å². The number of rotatable bonds is 4. The molecule has 0 aliphatic carbocycles. The molecular weight excluding hydrogens is 202 g/mol. The molecule has 0 saturated heterocycles. The molecule has 2 aromatic rings. The van der Waals surface area contributed by atoms with Gasteiger partial charge in [0.15, 0.2) is 0 Å². The fourth-order valence-corrected chi connectivity index (χ4v) is 1.25. The predicted molar refractivity (Wildman–Crippen MR) is 62.7 cm³/mol. The second kappa shape index (κ2) is 5.11. The zero-order valence-electron chi connectivity index (χ0n) is 9.05. The molecule has 0 bridgehead atoms. The zero-order chi connectivity index (χ0) is 11.2. The third-order valence-electron chi connectivity index (χ3n) is 1.93. The monoisotopic (exact) mass is 215 g/mol. The van der Waals surface area contributed by atoms with Gasteiger partial charge in [-0.1, -0.05) is 18.2 Å². The van der Waals surface area contributed by atoms with Gasteiger partial charge in [0.25, 0.3) is 0 Å². The highest BCUT2D eigenvalue weighted by Crippen LogP contribution is 2.18. The maximum absolute atomic E-state index is 5.57. The van der Waals surface area contributed by atoms with Crippen LogP contribution in [0.2, 0.25) is 0 Å². The van der Waals surface area contributed by atoms with Gasteiger partial charge in [-0.3, -0.25) is 0 Å². The Morgan fingerprint density at radius 3 is 2.75 bits per heavy atom.